The van der Waals surface area contributed by atoms with E-state index in [4.69, 9.17) is 17.0 Å². The van der Waals surface area contributed by atoms with Crippen molar-refractivity contribution in [3.63, 3.8) is 0 Å². The van der Waals surface area contributed by atoms with Crippen LogP contribution in [-0.2, 0) is 0 Å². The molecule has 0 aliphatic heterocycles. The molecule has 25 heavy (non-hydrogen) atoms. The zero-order valence-electron chi connectivity index (χ0n) is 13.1. The summed E-state index contributed by atoms with van der Waals surface area (Å²) >= 11 is 5.22. The summed E-state index contributed by atoms with van der Waals surface area (Å²) in [6.07, 6.45) is 1.55. The average molecular weight is 355 g/mol. The molecule has 0 saturated heterocycles. The predicted octanol–water partition coefficient (Wildman–Crippen LogP) is 3.41. The van der Waals surface area contributed by atoms with Gasteiger partial charge >= 0.3 is 0 Å². The van der Waals surface area contributed by atoms with Gasteiger partial charge in [0.05, 0.1) is 18.2 Å². The van der Waals surface area contributed by atoms with Crippen molar-refractivity contribution in [1.29, 1.82) is 0 Å². The minimum atomic E-state index is -0.450. The summed E-state index contributed by atoms with van der Waals surface area (Å²) in [5, 5.41) is 21.9. The number of methoxy groups -OCH3 is 1. The van der Waals surface area contributed by atoms with Crippen LogP contribution in [0.1, 0.15) is 5.56 Å². The van der Waals surface area contributed by atoms with Crippen LogP contribution < -0.4 is 4.74 Å². The number of non-ortho nitro benzene ring substituents is 1. The Morgan fingerprint density at radius 3 is 2.76 bits per heavy atom. The maximum atomic E-state index is 10.7. The molecule has 0 radical (unpaired) electrons. The highest BCUT2D eigenvalue weighted by Crippen LogP contribution is 2.22. The van der Waals surface area contributed by atoms with Crippen molar-refractivity contribution in [2.24, 2.45) is 5.10 Å². The SMILES string of the molecule is COc1cccc(-c2n[nH]c(=S)n2/N=C\c2ccc([N+](=O)[O-])cc2)c1. The summed E-state index contributed by atoms with van der Waals surface area (Å²) in [5.74, 6) is 1.22. The van der Waals surface area contributed by atoms with Crippen molar-refractivity contribution in [1.82, 2.24) is 14.9 Å². The fourth-order valence-corrected chi connectivity index (χ4v) is 2.33. The molecular weight excluding hydrogens is 342 g/mol. The predicted molar refractivity (Wildman–Crippen MR) is 95.5 cm³/mol. The molecular formula is C16H13N5O3S. The zero-order valence-corrected chi connectivity index (χ0v) is 13.9. The number of hydrogen-bond donors (Lipinski definition) is 1. The first-order valence-corrected chi connectivity index (χ1v) is 7.60. The second kappa shape index (κ2) is 7.05. The molecule has 0 spiro atoms. The molecule has 3 aromatic rings. The minimum Gasteiger partial charge on any atom is -0.497 e. The Labute approximate surface area is 147 Å². The Morgan fingerprint density at radius 1 is 1.32 bits per heavy atom. The molecule has 2 aromatic carbocycles. The smallest absolute Gasteiger partial charge is 0.269 e. The third-order valence-corrected chi connectivity index (χ3v) is 3.67. The van der Waals surface area contributed by atoms with Gasteiger partial charge in [0.2, 0.25) is 4.77 Å². The first kappa shape index (κ1) is 16.5. The lowest BCUT2D eigenvalue weighted by molar-refractivity contribution is -0.384. The molecule has 0 bridgehead atoms. The molecule has 0 atom stereocenters. The van der Waals surface area contributed by atoms with E-state index in [0.717, 1.165) is 5.56 Å². The van der Waals surface area contributed by atoms with Gasteiger partial charge < -0.3 is 4.74 Å². The van der Waals surface area contributed by atoms with E-state index >= 15 is 0 Å². The molecule has 0 aliphatic rings. The molecule has 1 N–H and O–H groups in total. The number of aromatic amines is 1. The largest absolute Gasteiger partial charge is 0.497 e. The second-order valence-electron chi connectivity index (χ2n) is 4.99. The lowest BCUT2D eigenvalue weighted by atomic mass is 10.2. The van der Waals surface area contributed by atoms with E-state index in [2.05, 4.69) is 15.3 Å². The lowest BCUT2D eigenvalue weighted by Gasteiger charge is -2.03. The molecule has 1 heterocycles. The van der Waals surface area contributed by atoms with Crippen LogP contribution in [0.2, 0.25) is 0 Å². The van der Waals surface area contributed by atoms with Gasteiger partial charge in [0.25, 0.3) is 5.69 Å². The van der Waals surface area contributed by atoms with E-state index in [1.54, 1.807) is 25.5 Å². The van der Waals surface area contributed by atoms with E-state index < -0.39 is 4.92 Å². The van der Waals surface area contributed by atoms with Crippen molar-refractivity contribution in [2.45, 2.75) is 0 Å². The van der Waals surface area contributed by atoms with E-state index in [0.29, 0.717) is 21.9 Å². The Bertz CT molecular complexity index is 992. The van der Waals surface area contributed by atoms with Crippen molar-refractivity contribution in [3.05, 3.63) is 69.0 Å². The van der Waals surface area contributed by atoms with Gasteiger partial charge in [-0.15, -0.1) is 0 Å². The zero-order chi connectivity index (χ0) is 17.8. The normalized spacial score (nSPS) is 10.9. The molecule has 0 aliphatic carbocycles. The highest BCUT2D eigenvalue weighted by Gasteiger charge is 2.09. The Kier molecular flexibility index (Phi) is 4.66. The highest BCUT2D eigenvalue weighted by atomic mass is 32.1. The third kappa shape index (κ3) is 3.61. The number of hydrogen-bond acceptors (Lipinski definition) is 6. The topological polar surface area (TPSA) is 98.3 Å². The summed E-state index contributed by atoms with van der Waals surface area (Å²) in [7, 11) is 1.59. The molecule has 0 amide bonds. The fourth-order valence-electron chi connectivity index (χ4n) is 2.15. The van der Waals surface area contributed by atoms with E-state index in [-0.39, 0.29) is 5.69 Å². The van der Waals surface area contributed by atoms with Crippen molar-refractivity contribution in [2.75, 3.05) is 7.11 Å². The number of ether oxygens (including phenoxy) is 1. The van der Waals surface area contributed by atoms with Gasteiger partial charge in [-0.25, -0.2) is 5.10 Å². The average Bonchev–Trinajstić information content (AvgIpc) is 3.01. The molecule has 0 fully saturated rings. The minimum absolute atomic E-state index is 0.0224. The number of nitro benzene ring substituents is 1. The number of rotatable bonds is 5. The molecule has 9 heteroatoms. The maximum Gasteiger partial charge on any atom is 0.269 e. The van der Waals surface area contributed by atoms with Crippen LogP contribution in [0.3, 0.4) is 0 Å². The maximum absolute atomic E-state index is 10.7. The molecule has 8 nitrogen and oxygen atoms in total. The summed E-state index contributed by atoms with van der Waals surface area (Å²) in [6, 6.07) is 13.4. The molecule has 126 valence electrons. The van der Waals surface area contributed by atoms with Crippen LogP contribution in [0.5, 0.6) is 5.75 Å². The summed E-state index contributed by atoms with van der Waals surface area (Å²) in [5.41, 5.74) is 1.51. The van der Waals surface area contributed by atoms with Gasteiger partial charge in [-0.1, -0.05) is 12.1 Å². The van der Waals surface area contributed by atoms with E-state index in [1.807, 2.05) is 24.3 Å². The lowest BCUT2D eigenvalue weighted by Crippen LogP contribution is -1.96. The number of nitrogens with one attached hydrogen (secondary N) is 1. The standard InChI is InChI=1S/C16H13N5O3S/c1-24-14-4-2-3-12(9-14)15-18-19-16(25)20(15)17-10-11-5-7-13(8-6-11)21(22)23/h2-10H,1H3,(H,19,25)/b17-10-. The van der Waals surface area contributed by atoms with Crippen LogP contribution in [0, 0.1) is 14.9 Å². The first-order chi connectivity index (χ1) is 12.1. The van der Waals surface area contributed by atoms with Crippen LogP contribution >= 0.6 is 12.2 Å². The fraction of sp³-hybridized carbons (Fsp3) is 0.0625. The van der Waals surface area contributed by atoms with Gasteiger partial charge in [-0.2, -0.15) is 14.9 Å². The van der Waals surface area contributed by atoms with Crippen LogP contribution in [0.25, 0.3) is 11.4 Å². The molecule has 0 saturated carbocycles. The van der Waals surface area contributed by atoms with Crippen LogP contribution in [0.4, 0.5) is 5.69 Å². The summed E-state index contributed by atoms with van der Waals surface area (Å²) in [6.45, 7) is 0. The van der Waals surface area contributed by atoms with Gasteiger partial charge in [-0.05, 0) is 42.0 Å². The Morgan fingerprint density at radius 2 is 2.08 bits per heavy atom. The highest BCUT2D eigenvalue weighted by molar-refractivity contribution is 7.71. The Hall–Kier alpha value is -3.33. The van der Waals surface area contributed by atoms with E-state index in [1.165, 1.54) is 16.8 Å². The van der Waals surface area contributed by atoms with Crippen molar-refractivity contribution >= 4 is 24.1 Å². The number of aromatic nitrogens is 3. The summed E-state index contributed by atoms with van der Waals surface area (Å²) in [4.78, 5) is 10.2. The van der Waals surface area contributed by atoms with Crippen molar-refractivity contribution < 1.29 is 9.66 Å². The van der Waals surface area contributed by atoms with Gasteiger partial charge in [0, 0.05) is 17.7 Å². The van der Waals surface area contributed by atoms with Gasteiger partial charge in [0.1, 0.15) is 5.75 Å². The monoisotopic (exact) mass is 355 g/mol. The number of nitrogens with zero attached hydrogens (tertiary/aromatic N) is 4. The summed E-state index contributed by atoms with van der Waals surface area (Å²) < 4.78 is 7.02. The molecule has 3 rings (SSSR count). The quantitative estimate of drug-likeness (QED) is 0.327. The number of nitro groups is 1. The van der Waals surface area contributed by atoms with Crippen LogP contribution in [-0.4, -0.2) is 33.1 Å². The number of benzene rings is 2. The Balaban J connectivity index is 1.94. The number of H-pyrrole nitrogens is 1. The van der Waals surface area contributed by atoms with Gasteiger partial charge in [-0.3, -0.25) is 10.1 Å². The van der Waals surface area contributed by atoms with Crippen LogP contribution in [0.15, 0.2) is 53.6 Å². The molecule has 0 unspecified atom stereocenters. The van der Waals surface area contributed by atoms with Crippen molar-refractivity contribution in [3.8, 4) is 17.1 Å². The van der Waals surface area contributed by atoms with E-state index in [9.17, 15) is 10.1 Å². The molecule has 1 aromatic heterocycles. The first-order valence-electron chi connectivity index (χ1n) is 7.19. The third-order valence-electron chi connectivity index (χ3n) is 3.40. The second-order valence-corrected chi connectivity index (χ2v) is 5.38. The van der Waals surface area contributed by atoms with Gasteiger partial charge in [0.15, 0.2) is 5.82 Å².